The second-order valence-corrected chi connectivity index (χ2v) is 6.04. The number of hydrogen-bond donors (Lipinski definition) is 3. The number of amides is 2. The molecule has 1 atom stereocenters. The highest BCUT2D eigenvalue weighted by Gasteiger charge is 2.16. The third kappa shape index (κ3) is 8.25. The van der Waals surface area contributed by atoms with Crippen LogP contribution in [0.15, 0.2) is 30.3 Å². The van der Waals surface area contributed by atoms with Crippen LogP contribution in [0.3, 0.4) is 0 Å². The highest BCUT2D eigenvalue weighted by atomic mass is 32.2. The van der Waals surface area contributed by atoms with E-state index in [1.807, 2.05) is 30.3 Å². The number of thioether (sulfide) groups is 1. The molecule has 126 valence electrons. The fourth-order valence-electron chi connectivity index (χ4n) is 1.82. The molecule has 6 nitrogen and oxygen atoms in total. The average molecular weight is 338 g/mol. The molecule has 0 spiro atoms. The minimum absolute atomic E-state index is 0.0809. The molecule has 0 saturated carbocycles. The van der Waals surface area contributed by atoms with Gasteiger partial charge in [0.1, 0.15) is 6.04 Å². The van der Waals surface area contributed by atoms with E-state index in [2.05, 4.69) is 10.6 Å². The van der Waals surface area contributed by atoms with Gasteiger partial charge in [-0.25, -0.2) is 4.79 Å². The van der Waals surface area contributed by atoms with Gasteiger partial charge in [0.25, 0.3) is 0 Å². The van der Waals surface area contributed by atoms with Gasteiger partial charge in [0.15, 0.2) is 0 Å². The van der Waals surface area contributed by atoms with Gasteiger partial charge >= 0.3 is 5.97 Å². The number of anilines is 1. The first-order valence-corrected chi connectivity index (χ1v) is 8.63. The van der Waals surface area contributed by atoms with E-state index in [0.29, 0.717) is 24.3 Å². The van der Waals surface area contributed by atoms with Gasteiger partial charge < -0.3 is 15.7 Å². The molecule has 1 aromatic rings. The molecule has 1 rings (SSSR count). The first-order chi connectivity index (χ1) is 11.0. The predicted octanol–water partition coefficient (Wildman–Crippen LogP) is 2.12. The van der Waals surface area contributed by atoms with Gasteiger partial charge in [0.2, 0.25) is 11.8 Å². The van der Waals surface area contributed by atoms with Crippen molar-refractivity contribution in [1.82, 2.24) is 5.32 Å². The molecule has 0 aliphatic rings. The van der Waals surface area contributed by atoms with Crippen LogP contribution in [0.5, 0.6) is 0 Å². The summed E-state index contributed by atoms with van der Waals surface area (Å²) in [5, 5.41) is 14.1. The maximum Gasteiger partial charge on any atom is 0.326 e. The Morgan fingerprint density at radius 3 is 2.48 bits per heavy atom. The van der Waals surface area contributed by atoms with Gasteiger partial charge in [0, 0.05) is 12.1 Å². The summed E-state index contributed by atoms with van der Waals surface area (Å²) in [6, 6.07) is 8.39. The van der Waals surface area contributed by atoms with Crippen LogP contribution < -0.4 is 10.6 Å². The van der Waals surface area contributed by atoms with Crippen molar-refractivity contribution in [3.05, 3.63) is 30.3 Å². The lowest BCUT2D eigenvalue weighted by Crippen LogP contribution is -2.40. The Hall–Kier alpha value is -2.02. The zero-order valence-corrected chi connectivity index (χ0v) is 13.9. The summed E-state index contributed by atoms with van der Waals surface area (Å²) >= 11 is 1.45. The molecular weight excluding hydrogens is 316 g/mol. The SMILES string of the molecule is CCC(NC(=O)CCCSCC(=O)Nc1ccccc1)C(=O)O. The Bertz CT molecular complexity index is 522. The van der Waals surface area contributed by atoms with Crippen molar-refractivity contribution in [3.8, 4) is 0 Å². The van der Waals surface area contributed by atoms with Crippen LogP contribution in [0.1, 0.15) is 26.2 Å². The van der Waals surface area contributed by atoms with E-state index >= 15 is 0 Å². The van der Waals surface area contributed by atoms with Gasteiger partial charge in [-0.3, -0.25) is 9.59 Å². The molecule has 2 amide bonds. The lowest BCUT2D eigenvalue weighted by atomic mass is 10.2. The number of benzene rings is 1. The van der Waals surface area contributed by atoms with E-state index in [-0.39, 0.29) is 18.2 Å². The van der Waals surface area contributed by atoms with Crippen LogP contribution >= 0.6 is 11.8 Å². The van der Waals surface area contributed by atoms with Gasteiger partial charge in [-0.05, 0) is 30.7 Å². The zero-order valence-electron chi connectivity index (χ0n) is 13.1. The lowest BCUT2D eigenvalue weighted by molar-refractivity contribution is -0.141. The third-order valence-corrected chi connectivity index (χ3v) is 4.07. The molecule has 0 saturated heterocycles. The number of hydrogen-bond acceptors (Lipinski definition) is 4. The van der Waals surface area contributed by atoms with Gasteiger partial charge in [-0.1, -0.05) is 25.1 Å². The molecule has 1 aromatic carbocycles. The standard InChI is InChI=1S/C16H22N2O4S/c1-2-13(16(21)22)18-14(19)9-6-10-23-11-15(20)17-12-7-4-3-5-8-12/h3-5,7-8,13H,2,6,9-11H2,1H3,(H,17,20)(H,18,19)(H,21,22). The summed E-state index contributed by atoms with van der Waals surface area (Å²) in [6.45, 7) is 1.71. The van der Waals surface area contributed by atoms with E-state index in [1.165, 1.54) is 11.8 Å². The predicted molar refractivity (Wildman–Crippen MR) is 91.5 cm³/mol. The molecule has 0 fully saturated rings. The monoisotopic (exact) mass is 338 g/mol. The summed E-state index contributed by atoms with van der Waals surface area (Å²) in [6.07, 6.45) is 1.22. The smallest absolute Gasteiger partial charge is 0.326 e. The largest absolute Gasteiger partial charge is 0.480 e. The average Bonchev–Trinajstić information content (AvgIpc) is 2.52. The van der Waals surface area contributed by atoms with Gasteiger partial charge in [-0.2, -0.15) is 11.8 Å². The third-order valence-electron chi connectivity index (χ3n) is 3.02. The first-order valence-electron chi connectivity index (χ1n) is 7.47. The molecule has 0 heterocycles. The number of para-hydroxylation sites is 1. The van der Waals surface area contributed by atoms with Crippen molar-refractivity contribution in [1.29, 1.82) is 0 Å². The first kappa shape index (κ1) is 19.0. The number of carboxylic acid groups (broad SMARTS) is 1. The van der Waals surface area contributed by atoms with E-state index in [9.17, 15) is 14.4 Å². The van der Waals surface area contributed by atoms with Crippen LogP contribution in [-0.4, -0.2) is 40.4 Å². The van der Waals surface area contributed by atoms with Crippen LogP contribution in [0, 0.1) is 0 Å². The van der Waals surface area contributed by atoms with Gasteiger partial charge in [-0.15, -0.1) is 0 Å². The van der Waals surface area contributed by atoms with E-state index in [1.54, 1.807) is 6.92 Å². The number of rotatable bonds is 10. The molecular formula is C16H22N2O4S. The number of aliphatic carboxylic acids is 1. The molecule has 0 radical (unpaired) electrons. The van der Waals surface area contributed by atoms with Gasteiger partial charge in [0.05, 0.1) is 5.75 Å². The van der Waals surface area contributed by atoms with Crippen molar-refractivity contribution < 1.29 is 19.5 Å². The van der Waals surface area contributed by atoms with Crippen molar-refractivity contribution >= 4 is 35.2 Å². The normalized spacial score (nSPS) is 11.5. The number of nitrogens with one attached hydrogen (secondary N) is 2. The molecule has 3 N–H and O–H groups in total. The highest BCUT2D eigenvalue weighted by Crippen LogP contribution is 2.09. The maximum atomic E-state index is 11.7. The maximum absolute atomic E-state index is 11.7. The van der Waals surface area contributed by atoms with E-state index in [0.717, 1.165) is 5.69 Å². The molecule has 7 heteroatoms. The number of carbonyl (C=O) groups is 3. The second-order valence-electron chi connectivity index (χ2n) is 4.94. The molecule has 23 heavy (non-hydrogen) atoms. The lowest BCUT2D eigenvalue weighted by Gasteiger charge is -2.11. The quantitative estimate of drug-likeness (QED) is 0.568. The molecule has 0 aliphatic carbocycles. The highest BCUT2D eigenvalue weighted by molar-refractivity contribution is 7.99. The summed E-state index contributed by atoms with van der Waals surface area (Å²) < 4.78 is 0. The van der Waals surface area contributed by atoms with Crippen molar-refractivity contribution in [2.75, 3.05) is 16.8 Å². The Morgan fingerprint density at radius 2 is 1.87 bits per heavy atom. The summed E-state index contributed by atoms with van der Waals surface area (Å²) in [4.78, 5) is 34.1. The second kappa shape index (κ2) is 10.7. The van der Waals surface area contributed by atoms with E-state index < -0.39 is 12.0 Å². The number of carbonyl (C=O) groups excluding carboxylic acids is 2. The molecule has 0 aromatic heterocycles. The summed E-state index contributed by atoms with van der Waals surface area (Å²) in [5.41, 5.74) is 0.761. The fourth-order valence-corrected chi connectivity index (χ4v) is 2.57. The van der Waals surface area contributed by atoms with Crippen molar-refractivity contribution in [2.45, 2.75) is 32.2 Å². The van der Waals surface area contributed by atoms with Crippen molar-refractivity contribution in [3.63, 3.8) is 0 Å². The van der Waals surface area contributed by atoms with Crippen molar-refractivity contribution in [2.24, 2.45) is 0 Å². The van der Waals surface area contributed by atoms with E-state index in [4.69, 9.17) is 5.11 Å². The Labute approximate surface area is 140 Å². The van der Waals surface area contributed by atoms with Crippen LogP contribution in [0.25, 0.3) is 0 Å². The summed E-state index contributed by atoms with van der Waals surface area (Å²) in [7, 11) is 0. The minimum atomic E-state index is -1.02. The number of carboxylic acids is 1. The molecule has 1 unspecified atom stereocenters. The van der Waals surface area contributed by atoms with Crippen LogP contribution in [-0.2, 0) is 14.4 Å². The minimum Gasteiger partial charge on any atom is -0.480 e. The van der Waals surface area contributed by atoms with Crippen LogP contribution in [0.2, 0.25) is 0 Å². The summed E-state index contributed by atoms with van der Waals surface area (Å²) in [5.74, 6) is -0.383. The molecule has 0 bridgehead atoms. The Kier molecular flexibility index (Phi) is 8.82. The Morgan fingerprint density at radius 1 is 1.17 bits per heavy atom. The zero-order chi connectivity index (χ0) is 17.1. The fraction of sp³-hybridized carbons (Fsp3) is 0.438. The topological polar surface area (TPSA) is 95.5 Å². The van der Waals surface area contributed by atoms with Crippen LogP contribution in [0.4, 0.5) is 5.69 Å². The Balaban J connectivity index is 2.12. The molecule has 0 aliphatic heterocycles.